The molecule has 0 radical (unpaired) electrons. The Hall–Kier alpha value is -7.10. The fraction of sp³-hybridized carbons (Fsp3) is 0. The van der Waals surface area contributed by atoms with Crippen LogP contribution in [0.2, 0.25) is 0 Å². The van der Waals surface area contributed by atoms with E-state index < -0.39 is 124 Å². The molecule has 11 aromatic rings. The van der Waals surface area contributed by atoms with E-state index in [-0.39, 0.29) is 16.8 Å². The molecule has 0 amide bonds. The van der Waals surface area contributed by atoms with Gasteiger partial charge in [0, 0.05) is 38.5 Å². The normalized spacial score (nSPS) is 15.7. The summed E-state index contributed by atoms with van der Waals surface area (Å²) in [5.41, 5.74) is -0.132. The highest BCUT2D eigenvalue weighted by atomic mass is 16.3. The molecular weight excluding hydrogens is 647 g/mol. The minimum absolute atomic E-state index is 0.0925. The first kappa shape index (κ1) is 18.4. The Bertz CT molecular complexity index is 4000. The molecule has 0 spiro atoms. The van der Waals surface area contributed by atoms with E-state index in [1.54, 1.807) is 36.4 Å². The summed E-state index contributed by atoms with van der Waals surface area (Å²) in [7, 11) is 0. The molecule has 0 aliphatic heterocycles. The third kappa shape index (κ3) is 4.68. The summed E-state index contributed by atoms with van der Waals surface area (Å²) in [4.78, 5) is 1.15. The lowest BCUT2D eigenvalue weighted by Crippen LogP contribution is -2.10. The highest BCUT2D eigenvalue weighted by molar-refractivity contribution is 6.19. The van der Waals surface area contributed by atoms with Gasteiger partial charge >= 0.3 is 0 Å². The Balaban J connectivity index is 1.25. The number of hydrogen-bond donors (Lipinski definition) is 0. The van der Waals surface area contributed by atoms with Crippen molar-refractivity contribution >= 4 is 82.5 Å². The van der Waals surface area contributed by atoms with Crippen LogP contribution in [0.1, 0.15) is 20.6 Å². The summed E-state index contributed by atoms with van der Waals surface area (Å²) in [5.74, 6) is 0. The van der Waals surface area contributed by atoms with Gasteiger partial charge in [0.2, 0.25) is 0 Å². The third-order valence-electron chi connectivity index (χ3n) is 9.51. The van der Waals surface area contributed by atoms with Crippen molar-refractivity contribution in [2.24, 2.45) is 0 Å². The van der Waals surface area contributed by atoms with Gasteiger partial charge in [-0.25, -0.2) is 0 Å². The van der Waals surface area contributed by atoms with E-state index in [9.17, 15) is 11.0 Å². The molecule has 0 aliphatic carbocycles. The van der Waals surface area contributed by atoms with E-state index in [2.05, 4.69) is 0 Å². The van der Waals surface area contributed by atoms with Gasteiger partial charge in [0.15, 0.2) is 0 Å². The number of fused-ring (bicyclic) bond motifs is 9. The standard InChI is InChI=1S/C50H31NO2/c1-3-13-38-32(10-1)12-7-16-39(38)34-22-27-36(28-23-34)51(45-19-9-21-47-48(45)44-31-26-33-11-2-4-14-40(33)50(44)53-47)37-29-24-35(25-30-37)41-17-8-18-43-42-15-5-6-20-46(42)52-49(41)43/h1-31H/i1D,3D,7D,10D,12D,13D,16D,22D,23D,24D,25D,27D,28D,29D,30D. The van der Waals surface area contributed by atoms with Crippen LogP contribution in [-0.2, 0) is 0 Å². The Morgan fingerprint density at radius 3 is 1.91 bits per heavy atom. The number of nitrogens with zero attached hydrogens (tertiary/aromatic N) is 1. The van der Waals surface area contributed by atoms with Gasteiger partial charge in [0.25, 0.3) is 0 Å². The number of furan rings is 2. The molecule has 0 N–H and O–H groups in total. The van der Waals surface area contributed by atoms with Gasteiger partial charge in [-0.3, -0.25) is 0 Å². The van der Waals surface area contributed by atoms with E-state index in [4.69, 9.17) is 18.4 Å². The molecule has 2 aromatic heterocycles. The smallest absolute Gasteiger partial charge is 0.143 e. The molecule has 0 unspecified atom stereocenters. The summed E-state index contributed by atoms with van der Waals surface area (Å²) >= 11 is 0. The average Bonchev–Trinajstić information content (AvgIpc) is 3.93. The van der Waals surface area contributed by atoms with Crippen molar-refractivity contribution in [3.8, 4) is 22.3 Å². The second-order valence-corrected chi connectivity index (χ2v) is 12.5. The Labute approximate surface area is 326 Å². The maximum Gasteiger partial charge on any atom is 0.143 e. The van der Waals surface area contributed by atoms with E-state index in [0.29, 0.717) is 38.5 Å². The minimum Gasteiger partial charge on any atom is -0.455 e. The predicted octanol–water partition coefficient (Wildman–Crippen LogP) is 14.6. The SMILES string of the molecule is [2H]c1c([2H])c(N(c2c([2H])c([2H])c(-c3c([2H])c([2H])c([2H])c4c([2H])c([2H])c([2H])c([2H])c34)c([2H])c2[2H])c2cccc3oc4c5ccccc5ccc4c23)c([2H])c([2H])c1-c1cccc2c1oc1ccccc12. The summed E-state index contributed by atoms with van der Waals surface area (Å²) in [5, 5.41) is 3.13. The van der Waals surface area contributed by atoms with E-state index in [0.717, 1.165) is 21.1 Å². The number of anilines is 3. The lowest BCUT2D eigenvalue weighted by atomic mass is 9.98. The van der Waals surface area contributed by atoms with Crippen molar-refractivity contribution in [2.45, 2.75) is 0 Å². The molecule has 0 atom stereocenters. The van der Waals surface area contributed by atoms with Crippen LogP contribution >= 0.6 is 0 Å². The molecule has 0 saturated carbocycles. The first-order chi connectivity index (χ1) is 32.5. The number of benzene rings is 9. The van der Waals surface area contributed by atoms with Crippen molar-refractivity contribution in [1.29, 1.82) is 0 Å². The van der Waals surface area contributed by atoms with Crippen molar-refractivity contribution < 1.29 is 29.4 Å². The van der Waals surface area contributed by atoms with Gasteiger partial charge in [0.1, 0.15) is 22.3 Å². The molecule has 0 bridgehead atoms. The summed E-state index contributed by atoms with van der Waals surface area (Å²) < 4.78 is 150. The molecule has 3 heteroatoms. The minimum atomic E-state index is -0.816. The first-order valence-corrected chi connectivity index (χ1v) is 16.8. The maximum atomic E-state index is 9.74. The molecule has 2 heterocycles. The lowest BCUT2D eigenvalue weighted by Gasteiger charge is -2.26. The number of hydrogen-bond acceptors (Lipinski definition) is 3. The topological polar surface area (TPSA) is 29.5 Å². The predicted molar refractivity (Wildman–Crippen MR) is 222 cm³/mol. The second-order valence-electron chi connectivity index (χ2n) is 12.5. The monoisotopic (exact) mass is 692 g/mol. The average molecular weight is 693 g/mol. The van der Waals surface area contributed by atoms with E-state index >= 15 is 0 Å². The molecule has 248 valence electrons. The van der Waals surface area contributed by atoms with Crippen LogP contribution in [0.5, 0.6) is 0 Å². The fourth-order valence-corrected chi connectivity index (χ4v) is 7.11. The molecule has 9 aromatic carbocycles. The van der Waals surface area contributed by atoms with Gasteiger partial charge in [-0.1, -0.05) is 139 Å². The van der Waals surface area contributed by atoms with Gasteiger partial charge in [-0.05, 0) is 81.3 Å². The largest absolute Gasteiger partial charge is 0.455 e. The zero-order chi connectivity index (χ0) is 47.9. The lowest BCUT2D eigenvalue weighted by molar-refractivity contribution is 0.670. The van der Waals surface area contributed by atoms with Gasteiger partial charge in [0.05, 0.1) is 31.6 Å². The van der Waals surface area contributed by atoms with Crippen LogP contribution in [0.4, 0.5) is 17.1 Å². The number of rotatable bonds is 5. The van der Waals surface area contributed by atoms with Gasteiger partial charge < -0.3 is 13.7 Å². The van der Waals surface area contributed by atoms with Crippen LogP contribution < -0.4 is 4.90 Å². The van der Waals surface area contributed by atoms with Crippen LogP contribution in [0, 0.1) is 0 Å². The quantitative estimate of drug-likeness (QED) is 0.180. The summed E-state index contributed by atoms with van der Waals surface area (Å²) in [6.07, 6.45) is 0. The Morgan fingerprint density at radius 2 is 1.06 bits per heavy atom. The zero-order valence-corrected chi connectivity index (χ0v) is 27.5. The first-order valence-electron chi connectivity index (χ1n) is 24.3. The molecule has 3 nitrogen and oxygen atoms in total. The van der Waals surface area contributed by atoms with E-state index in [1.807, 2.05) is 60.7 Å². The summed E-state index contributed by atoms with van der Waals surface area (Å²) in [6.45, 7) is 0. The van der Waals surface area contributed by atoms with E-state index in [1.165, 1.54) is 0 Å². The Morgan fingerprint density at radius 1 is 0.396 bits per heavy atom. The molecule has 53 heavy (non-hydrogen) atoms. The van der Waals surface area contributed by atoms with Gasteiger partial charge in [-0.2, -0.15) is 0 Å². The third-order valence-corrected chi connectivity index (χ3v) is 9.51. The highest BCUT2D eigenvalue weighted by Gasteiger charge is 2.21. The summed E-state index contributed by atoms with van der Waals surface area (Å²) in [6, 6.07) is 18.1. The van der Waals surface area contributed by atoms with Crippen LogP contribution in [0.15, 0.2) is 197 Å². The Kier molecular flexibility index (Phi) is 4.07. The maximum absolute atomic E-state index is 9.74. The molecule has 0 aliphatic rings. The second kappa shape index (κ2) is 11.7. The van der Waals surface area contributed by atoms with Crippen molar-refractivity contribution in [3.05, 3.63) is 188 Å². The van der Waals surface area contributed by atoms with Crippen molar-refractivity contribution in [3.63, 3.8) is 0 Å². The van der Waals surface area contributed by atoms with Gasteiger partial charge in [-0.15, -0.1) is 0 Å². The zero-order valence-electron chi connectivity index (χ0n) is 42.5. The molecule has 11 rings (SSSR count). The van der Waals surface area contributed by atoms with Crippen molar-refractivity contribution in [1.82, 2.24) is 0 Å². The van der Waals surface area contributed by atoms with Crippen molar-refractivity contribution in [2.75, 3.05) is 4.90 Å². The number of para-hydroxylation sites is 2. The van der Waals surface area contributed by atoms with Crippen LogP contribution in [0.3, 0.4) is 0 Å². The molecule has 0 saturated heterocycles. The fourth-order valence-electron chi connectivity index (χ4n) is 7.11. The molecular formula is C50H31NO2. The van der Waals surface area contributed by atoms with Crippen LogP contribution in [0.25, 0.3) is 87.7 Å². The molecule has 0 fully saturated rings. The highest BCUT2D eigenvalue weighted by Crippen LogP contribution is 2.45. The van der Waals surface area contributed by atoms with Crippen LogP contribution in [-0.4, -0.2) is 0 Å².